The fourth-order valence-electron chi connectivity index (χ4n) is 2.51. The maximum atomic E-state index is 14.0. The van der Waals surface area contributed by atoms with Crippen LogP contribution < -0.4 is 5.73 Å². The van der Waals surface area contributed by atoms with E-state index in [4.69, 9.17) is 10.8 Å². The Bertz CT molecular complexity index is 1010. The zero-order valence-electron chi connectivity index (χ0n) is 17.5. The van der Waals surface area contributed by atoms with Crippen LogP contribution in [0.2, 0.25) is 0 Å². The Labute approximate surface area is 182 Å². The van der Waals surface area contributed by atoms with Crippen LogP contribution in [0.1, 0.15) is 39.6 Å². The maximum absolute atomic E-state index is 14.0. The molecule has 0 fully saturated rings. The lowest BCUT2D eigenvalue weighted by Gasteiger charge is -2.07. The number of aromatic nitrogens is 5. The van der Waals surface area contributed by atoms with E-state index in [1.165, 1.54) is 6.07 Å². The average Bonchev–Trinajstić information content (AvgIpc) is 3.28. The Hall–Kier alpha value is -2.59. The number of imidazole rings is 1. The van der Waals surface area contributed by atoms with E-state index in [9.17, 15) is 9.18 Å². The van der Waals surface area contributed by atoms with Crippen molar-refractivity contribution in [1.82, 2.24) is 24.7 Å². The predicted octanol–water partition coefficient (Wildman–Crippen LogP) is 4.18. The fourth-order valence-corrected chi connectivity index (χ4v) is 2.84. The molecule has 0 spiro atoms. The van der Waals surface area contributed by atoms with Gasteiger partial charge in [-0.1, -0.05) is 29.8 Å². The molecule has 1 aromatic carbocycles. The Morgan fingerprint density at radius 3 is 2.43 bits per heavy atom. The van der Waals surface area contributed by atoms with Gasteiger partial charge in [0.15, 0.2) is 5.82 Å². The number of rotatable bonds is 5. The van der Waals surface area contributed by atoms with Crippen LogP contribution in [-0.4, -0.2) is 41.9 Å². The van der Waals surface area contributed by atoms with E-state index >= 15 is 0 Å². The minimum absolute atomic E-state index is 0.0208. The number of carboxylic acids is 1. The SMILES string of the molecule is CC(C)[C@H](N)C(=O)O.Cc1nc(-c2c[nH]c(-c3ccc(Br)cc3F)n2)n(C(C)C)n1. The second-order valence-corrected chi connectivity index (χ2v) is 8.30. The van der Waals surface area contributed by atoms with Crippen LogP contribution in [0.25, 0.3) is 22.9 Å². The van der Waals surface area contributed by atoms with E-state index < -0.39 is 12.0 Å². The summed E-state index contributed by atoms with van der Waals surface area (Å²) < 4.78 is 16.5. The first-order valence-corrected chi connectivity index (χ1v) is 10.2. The van der Waals surface area contributed by atoms with Crippen molar-refractivity contribution in [3.05, 3.63) is 40.5 Å². The zero-order chi connectivity index (χ0) is 22.6. The summed E-state index contributed by atoms with van der Waals surface area (Å²) in [5, 5.41) is 12.6. The van der Waals surface area contributed by atoms with E-state index in [-0.39, 0.29) is 17.8 Å². The molecular weight excluding hydrogens is 455 g/mol. The summed E-state index contributed by atoms with van der Waals surface area (Å²) in [6, 6.07) is 4.33. The van der Waals surface area contributed by atoms with Crippen LogP contribution in [-0.2, 0) is 4.79 Å². The minimum atomic E-state index is -0.931. The lowest BCUT2D eigenvalue weighted by molar-refractivity contribution is -0.139. The van der Waals surface area contributed by atoms with Crippen LogP contribution in [0.5, 0.6) is 0 Å². The van der Waals surface area contributed by atoms with Gasteiger partial charge < -0.3 is 15.8 Å². The molecule has 162 valence electrons. The number of carboxylic acid groups (broad SMARTS) is 1. The molecule has 3 rings (SSSR count). The lowest BCUT2D eigenvalue weighted by Crippen LogP contribution is -2.34. The zero-order valence-corrected chi connectivity index (χ0v) is 19.1. The summed E-state index contributed by atoms with van der Waals surface area (Å²) in [6.45, 7) is 9.45. The van der Waals surface area contributed by atoms with Crippen LogP contribution in [0.4, 0.5) is 4.39 Å². The number of benzene rings is 1. The normalized spacial score (nSPS) is 12.1. The molecule has 2 heterocycles. The van der Waals surface area contributed by atoms with Gasteiger partial charge in [0.2, 0.25) is 0 Å². The predicted molar refractivity (Wildman–Crippen MR) is 116 cm³/mol. The first kappa shape index (κ1) is 23.7. The van der Waals surface area contributed by atoms with Crippen molar-refractivity contribution in [2.45, 2.75) is 46.7 Å². The van der Waals surface area contributed by atoms with Gasteiger partial charge in [-0.2, -0.15) is 5.10 Å². The molecule has 0 saturated heterocycles. The third kappa shape index (κ3) is 5.73. The van der Waals surface area contributed by atoms with Crippen molar-refractivity contribution in [1.29, 1.82) is 0 Å². The summed E-state index contributed by atoms with van der Waals surface area (Å²) in [6.07, 6.45) is 1.72. The molecule has 0 saturated carbocycles. The van der Waals surface area contributed by atoms with Gasteiger partial charge in [-0.3, -0.25) is 4.79 Å². The van der Waals surface area contributed by atoms with Crippen LogP contribution in [0.3, 0.4) is 0 Å². The first-order chi connectivity index (χ1) is 14.0. The highest BCUT2D eigenvalue weighted by atomic mass is 79.9. The van der Waals surface area contributed by atoms with Crippen LogP contribution >= 0.6 is 15.9 Å². The van der Waals surface area contributed by atoms with Gasteiger partial charge in [0.25, 0.3) is 0 Å². The van der Waals surface area contributed by atoms with Crippen molar-refractivity contribution in [2.75, 3.05) is 0 Å². The number of halogens is 2. The van der Waals surface area contributed by atoms with Crippen molar-refractivity contribution >= 4 is 21.9 Å². The van der Waals surface area contributed by atoms with Crippen molar-refractivity contribution in [3.8, 4) is 22.9 Å². The Balaban J connectivity index is 0.000000343. The number of nitrogens with one attached hydrogen (secondary N) is 1. The average molecular weight is 481 g/mol. The van der Waals surface area contributed by atoms with E-state index in [1.807, 2.05) is 25.5 Å². The summed E-state index contributed by atoms with van der Waals surface area (Å²) in [5.41, 5.74) is 6.22. The standard InChI is InChI=1S/C15H15BrFN5.C5H11NO2/c1-8(2)22-15(19-9(3)21-22)13-7-18-14(20-13)11-5-4-10(16)6-12(11)17;1-3(2)4(6)5(7)8/h4-8H,1-3H3,(H,18,20);3-4H,6H2,1-2H3,(H,7,8)/t;4-/m.0/s1. The van der Waals surface area contributed by atoms with E-state index in [1.54, 1.807) is 32.2 Å². The van der Waals surface area contributed by atoms with E-state index in [0.717, 1.165) is 0 Å². The topological polar surface area (TPSA) is 123 Å². The molecule has 4 N–H and O–H groups in total. The number of hydrogen-bond acceptors (Lipinski definition) is 5. The van der Waals surface area contributed by atoms with Gasteiger partial charge in [-0.25, -0.2) is 19.0 Å². The molecular formula is C20H26BrFN6O2. The number of nitrogens with two attached hydrogens (primary N) is 1. The first-order valence-electron chi connectivity index (χ1n) is 9.44. The number of aryl methyl sites for hydroxylation is 1. The number of nitrogens with zero attached hydrogens (tertiary/aromatic N) is 4. The Morgan fingerprint density at radius 2 is 1.93 bits per heavy atom. The summed E-state index contributed by atoms with van der Waals surface area (Å²) in [5.74, 6) is 0.579. The smallest absolute Gasteiger partial charge is 0.320 e. The number of H-pyrrole nitrogens is 1. The molecule has 10 heteroatoms. The largest absolute Gasteiger partial charge is 0.480 e. The van der Waals surface area contributed by atoms with Gasteiger partial charge in [-0.15, -0.1) is 0 Å². The molecule has 0 aliphatic rings. The lowest BCUT2D eigenvalue weighted by atomic mass is 10.1. The van der Waals surface area contributed by atoms with Gasteiger partial charge in [0.05, 0.1) is 5.56 Å². The quantitative estimate of drug-likeness (QED) is 0.503. The number of aliphatic carboxylic acids is 1. The van der Waals surface area contributed by atoms with E-state index in [0.29, 0.717) is 33.2 Å². The highest BCUT2D eigenvalue weighted by Gasteiger charge is 2.17. The number of carbonyl (C=O) groups is 1. The molecule has 1 atom stereocenters. The third-order valence-corrected chi connectivity index (χ3v) is 4.72. The van der Waals surface area contributed by atoms with Crippen LogP contribution in [0, 0.1) is 18.7 Å². The molecule has 30 heavy (non-hydrogen) atoms. The fraction of sp³-hybridized carbons (Fsp3) is 0.400. The highest BCUT2D eigenvalue weighted by Crippen LogP contribution is 2.26. The van der Waals surface area contributed by atoms with Gasteiger partial charge >= 0.3 is 5.97 Å². The monoisotopic (exact) mass is 480 g/mol. The summed E-state index contributed by atoms with van der Waals surface area (Å²) >= 11 is 3.25. The molecule has 8 nitrogen and oxygen atoms in total. The van der Waals surface area contributed by atoms with Crippen molar-refractivity contribution in [3.63, 3.8) is 0 Å². The highest BCUT2D eigenvalue weighted by molar-refractivity contribution is 9.10. The second-order valence-electron chi connectivity index (χ2n) is 7.39. The van der Waals surface area contributed by atoms with Crippen LogP contribution in [0.15, 0.2) is 28.9 Å². The molecule has 0 amide bonds. The van der Waals surface area contributed by atoms with E-state index in [2.05, 4.69) is 36.0 Å². The number of hydrogen-bond donors (Lipinski definition) is 3. The minimum Gasteiger partial charge on any atom is -0.480 e. The van der Waals surface area contributed by atoms with Crippen molar-refractivity contribution in [2.24, 2.45) is 11.7 Å². The van der Waals surface area contributed by atoms with Gasteiger partial charge in [0.1, 0.15) is 29.2 Å². The molecule has 3 aromatic rings. The third-order valence-electron chi connectivity index (χ3n) is 4.22. The Morgan fingerprint density at radius 1 is 1.27 bits per heavy atom. The van der Waals surface area contributed by atoms with Crippen molar-refractivity contribution < 1.29 is 14.3 Å². The molecule has 0 bridgehead atoms. The summed E-state index contributed by atoms with van der Waals surface area (Å²) in [4.78, 5) is 21.9. The molecule has 0 aliphatic carbocycles. The molecule has 0 aliphatic heterocycles. The molecule has 0 unspecified atom stereocenters. The maximum Gasteiger partial charge on any atom is 0.320 e. The van der Waals surface area contributed by atoms with Gasteiger partial charge in [-0.05, 0) is 44.9 Å². The molecule has 0 radical (unpaired) electrons. The Kier molecular flexibility index (Phi) is 7.85. The molecule has 2 aromatic heterocycles. The van der Waals surface area contributed by atoms with Gasteiger partial charge in [0, 0.05) is 16.7 Å². The second kappa shape index (κ2) is 9.94. The number of aromatic amines is 1. The summed E-state index contributed by atoms with van der Waals surface area (Å²) in [7, 11) is 0.